The van der Waals surface area contributed by atoms with Gasteiger partial charge >= 0.3 is 0 Å². The van der Waals surface area contributed by atoms with E-state index in [1.165, 1.54) is 11.1 Å². The Kier molecular flexibility index (Phi) is 3.23. The van der Waals surface area contributed by atoms with E-state index in [-0.39, 0.29) is 30.0 Å². The van der Waals surface area contributed by atoms with Crippen LogP contribution in [0.2, 0.25) is 0 Å². The average molecular weight is 286 g/mol. The summed E-state index contributed by atoms with van der Waals surface area (Å²) in [5.74, 6) is 0.197. The summed E-state index contributed by atoms with van der Waals surface area (Å²) >= 11 is 0. The van der Waals surface area contributed by atoms with E-state index in [9.17, 15) is 9.90 Å². The first kappa shape index (κ1) is 13.3. The van der Waals surface area contributed by atoms with E-state index >= 15 is 0 Å². The maximum Gasteiger partial charge on any atom is 0.231 e. The Labute approximate surface area is 125 Å². The number of fused-ring (bicyclic) bond motifs is 3. The van der Waals surface area contributed by atoms with Crippen LogP contribution in [0.1, 0.15) is 42.7 Å². The molecule has 0 spiro atoms. The molecule has 2 N–H and O–H groups in total. The summed E-state index contributed by atoms with van der Waals surface area (Å²) in [6.07, 6.45) is 3.39. The van der Waals surface area contributed by atoms with Gasteiger partial charge in [0.05, 0.1) is 12.0 Å². The summed E-state index contributed by atoms with van der Waals surface area (Å²) in [4.78, 5) is 15.2. The lowest BCUT2D eigenvalue weighted by molar-refractivity contribution is -0.139. The van der Waals surface area contributed by atoms with Crippen LogP contribution in [-0.2, 0) is 11.3 Å². The number of amides is 1. The molecule has 1 aromatic carbocycles. The fraction of sp³-hybridized carbons (Fsp3) is 0.588. The van der Waals surface area contributed by atoms with Crippen LogP contribution in [-0.4, -0.2) is 40.6 Å². The van der Waals surface area contributed by atoms with Gasteiger partial charge < -0.3 is 15.3 Å². The zero-order chi connectivity index (χ0) is 14.4. The lowest BCUT2D eigenvalue weighted by Gasteiger charge is -2.40. The third kappa shape index (κ3) is 2.17. The van der Waals surface area contributed by atoms with E-state index in [0.717, 1.165) is 38.8 Å². The summed E-state index contributed by atoms with van der Waals surface area (Å²) < 4.78 is 0. The second kappa shape index (κ2) is 5.11. The monoisotopic (exact) mass is 286 g/mol. The van der Waals surface area contributed by atoms with E-state index in [4.69, 9.17) is 0 Å². The molecule has 0 aromatic heterocycles. The minimum absolute atomic E-state index is 0.0618. The van der Waals surface area contributed by atoms with Crippen LogP contribution in [0.4, 0.5) is 0 Å². The Bertz CT molecular complexity index is 545. The fourth-order valence-electron chi connectivity index (χ4n) is 4.40. The highest BCUT2D eigenvalue weighted by atomic mass is 16.3. The number of piperidine rings is 1. The Hall–Kier alpha value is -1.39. The Morgan fingerprint density at radius 3 is 2.67 bits per heavy atom. The van der Waals surface area contributed by atoms with Gasteiger partial charge in [0.2, 0.25) is 5.91 Å². The fourth-order valence-corrected chi connectivity index (χ4v) is 4.40. The topological polar surface area (TPSA) is 52.6 Å². The molecule has 3 heterocycles. The van der Waals surface area contributed by atoms with Crippen molar-refractivity contribution < 1.29 is 9.90 Å². The largest absolute Gasteiger partial charge is 0.393 e. The minimum atomic E-state index is -0.219. The van der Waals surface area contributed by atoms with E-state index in [2.05, 4.69) is 22.3 Å². The Morgan fingerprint density at radius 2 is 1.90 bits per heavy atom. The highest BCUT2D eigenvalue weighted by molar-refractivity contribution is 5.85. The SMILES string of the molecule is O=C(C1CNCc2ccccc21)N1C2CCC1CC(O)C2. The van der Waals surface area contributed by atoms with Gasteiger partial charge in [-0.25, -0.2) is 0 Å². The van der Waals surface area contributed by atoms with E-state index in [1.54, 1.807) is 0 Å². The van der Waals surface area contributed by atoms with Gasteiger partial charge in [0.1, 0.15) is 0 Å². The lowest BCUT2D eigenvalue weighted by Crippen LogP contribution is -2.51. The van der Waals surface area contributed by atoms with Crippen LogP contribution in [0.5, 0.6) is 0 Å². The van der Waals surface area contributed by atoms with Crippen molar-refractivity contribution in [1.82, 2.24) is 10.2 Å². The van der Waals surface area contributed by atoms with Crippen molar-refractivity contribution in [2.75, 3.05) is 6.54 Å². The number of hydrogen-bond donors (Lipinski definition) is 2. The van der Waals surface area contributed by atoms with E-state index < -0.39 is 0 Å². The van der Waals surface area contributed by atoms with Crippen LogP contribution in [0.25, 0.3) is 0 Å². The number of carbonyl (C=O) groups excluding carboxylic acids is 1. The van der Waals surface area contributed by atoms with Crippen molar-refractivity contribution in [2.24, 2.45) is 0 Å². The van der Waals surface area contributed by atoms with Gasteiger partial charge in [-0.05, 0) is 36.8 Å². The molecular formula is C17H22N2O2. The van der Waals surface area contributed by atoms with E-state index in [0.29, 0.717) is 0 Å². The Balaban J connectivity index is 1.62. The number of rotatable bonds is 1. The van der Waals surface area contributed by atoms with Crippen LogP contribution < -0.4 is 5.32 Å². The number of aliphatic hydroxyl groups is 1. The first-order valence-corrected chi connectivity index (χ1v) is 8.03. The first-order valence-electron chi connectivity index (χ1n) is 8.03. The van der Waals surface area contributed by atoms with Crippen LogP contribution >= 0.6 is 0 Å². The van der Waals surface area contributed by atoms with Gasteiger partial charge in [-0.1, -0.05) is 24.3 Å². The molecular weight excluding hydrogens is 264 g/mol. The molecule has 4 heteroatoms. The smallest absolute Gasteiger partial charge is 0.231 e. The van der Waals surface area contributed by atoms with Crippen LogP contribution in [0, 0.1) is 0 Å². The van der Waals surface area contributed by atoms with Gasteiger partial charge in [0.15, 0.2) is 0 Å². The molecule has 112 valence electrons. The van der Waals surface area contributed by atoms with Crippen LogP contribution in [0.3, 0.4) is 0 Å². The van der Waals surface area contributed by atoms with Crippen molar-refractivity contribution in [3.8, 4) is 0 Å². The summed E-state index contributed by atoms with van der Waals surface area (Å²) in [5, 5.41) is 13.3. The molecule has 1 amide bonds. The minimum Gasteiger partial charge on any atom is -0.393 e. The molecule has 3 atom stereocenters. The average Bonchev–Trinajstić information content (AvgIpc) is 2.78. The molecule has 3 aliphatic rings. The molecule has 0 aliphatic carbocycles. The summed E-state index contributed by atoms with van der Waals surface area (Å²) in [5.41, 5.74) is 2.43. The number of nitrogens with zero attached hydrogens (tertiary/aromatic N) is 1. The molecule has 2 bridgehead atoms. The van der Waals surface area contributed by atoms with Crippen molar-refractivity contribution in [3.05, 3.63) is 35.4 Å². The quantitative estimate of drug-likeness (QED) is 0.820. The summed E-state index contributed by atoms with van der Waals surface area (Å²) in [7, 11) is 0. The van der Waals surface area contributed by atoms with Crippen molar-refractivity contribution >= 4 is 5.91 Å². The molecule has 1 aromatic rings. The maximum absolute atomic E-state index is 13.1. The summed E-state index contributed by atoms with van der Waals surface area (Å²) in [6, 6.07) is 8.77. The number of nitrogens with one attached hydrogen (secondary N) is 1. The second-order valence-corrected chi connectivity index (χ2v) is 6.64. The molecule has 21 heavy (non-hydrogen) atoms. The number of hydrogen-bond acceptors (Lipinski definition) is 3. The van der Waals surface area contributed by atoms with Crippen molar-refractivity contribution in [2.45, 2.75) is 56.3 Å². The third-order valence-corrected chi connectivity index (χ3v) is 5.36. The molecule has 2 fully saturated rings. The molecule has 2 saturated heterocycles. The second-order valence-electron chi connectivity index (χ2n) is 6.64. The van der Waals surface area contributed by atoms with Gasteiger partial charge in [-0.3, -0.25) is 4.79 Å². The Morgan fingerprint density at radius 1 is 1.19 bits per heavy atom. The maximum atomic E-state index is 13.1. The predicted molar refractivity (Wildman–Crippen MR) is 79.8 cm³/mol. The zero-order valence-electron chi connectivity index (χ0n) is 12.2. The number of carbonyl (C=O) groups is 1. The lowest BCUT2D eigenvalue weighted by atomic mass is 9.88. The molecule has 4 nitrogen and oxygen atoms in total. The van der Waals surface area contributed by atoms with Crippen LogP contribution in [0.15, 0.2) is 24.3 Å². The number of benzene rings is 1. The standard InChI is InChI=1S/C17H22N2O2/c20-14-7-12-5-6-13(8-14)19(12)17(21)16-10-18-9-11-3-1-2-4-15(11)16/h1-4,12-14,16,18,20H,5-10H2. The molecule has 3 aliphatic heterocycles. The molecule has 3 unspecified atom stereocenters. The molecule has 4 rings (SSSR count). The molecule has 0 saturated carbocycles. The summed E-state index contributed by atoms with van der Waals surface area (Å²) in [6.45, 7) is 1.58. The van der Waals surface area contributed by atoms with Gasteiger partial charge in [-0.15, -0.1) is 0 Å². The molecule has 0 radical (unpaired) electrons. The number of aliphatic hydroxyl groups excluding tert-OH is 1. The zero-order valence-corrected chi connectivity index (χ0v) is 12.2. The normalized spacial score (nSPS) is 34.6. The van der Waals surface area contributed by atoms with Gasteiger partial charge in [-0.2, -0.15) is 0 Å². The highest BCUT2D eigenvalue weighted by Gasteiger charge is 2.45. The van der Waals surface area contributed by atoms with Gasteiger partial charge in [0.25, 0.3) is 0 Å². The van der Waals surface area contributed by atoms with E-state index in [1.807, 2.05) is 12.1 Å². The highest BCUT2D eigenvalue weighted by Crippen LogP contribution is 2.38. The third-order valence-electron chi connectivity index (χ3n) is 5.36. The first-order chi connectivity index (χ1) is 10.2. The van der Waals surface area contributed by atoms with Crippen molar-refractivity contribution in [1.29, 1.82) is 0 Å². The predicted octanol–water partition coefficient (Wildman–Crippen LogP) is 1.39. The van der Waals surface area contributed by atoms with Gasteiger partial charge in [0, 0.05) is 25.2 Å². The van der Waals surface area contributed by atoms with Crippen molar-refractivity contribution in [3.63, 3.8) is 0 Å².